The largest absolute Gasteiger partial charge is 0.361 e. The molecule has 0 saturated heterocycles. The molecule has 1 heterocycles. The van der Waals surface area contributed by atoms with Crippen LogP contribution in [0.3, 0.4) is 0 Å². The molecule has 0 spiro atoms. The van der Waals surface area contributed by atoms with Gasteiger partial charge in [-0.3, -0.25) is 4.79 Å². The summed E-state index contributed by atoms with van der Waals surface area (Å²) in [5.41, 5.74) is 3.72. The lowest BCUT2D eigenvalue weighted by Crippen LogP contribution is -1.87. The predicted octanol–water partition coefficient (Wildman–Crippen LogP) is 2.35. The maximum Gasteiger partial charge on any atom is 0.142 e. The highest BCUT2D eigenvalue weighted by atomic mass is 16.1. The molecule has 1 N–H and O–H groups in total. The van der Waals surface area contributed by atoms with Gasteiger partial charge >= 0.3 is 0 Å². The van der Waals surface area contributed by atoms with Gasteiger partial charge in [-0.15, -0.1) is 0 Å². The van der Waals surface area contributed by atoms with Crippen LogP contribution in [0.1, 0.15) is 30.7 Å². The number of aromatic nitrogens is 1. The van der Waals surface area contributed by atoms with Gasteiger partial charge in [0.05, 0.1) is 0 Å². The molecule has 0 unspecified atom stereocenters. The first kappa shape index (κ1) is 9.78. The minimum Gasteiger partial charge on any atom is -0.361 e. The number of carbonyl (C=O) groups excluding carboxylic acids is 1. The lowest BCUT2D eigenvalue weighted by molar-refractivity contribution is -0.104. The normalized spacial score (nSPS) is 10.9. The van der Waals surface area contributed by atoms with Crippen molar-refractivity contribution in [2.24, 2.45) is 0 Å². The van der Waals surface area contributed by atoms with Crippen LogP contribution in [0.5, 0.6) is 0 Å². The van der Waals surface area contributed by atoms with Crippen LogP contribution in [-0.2, 0) is 17.6 Å². The van der Waals surface area contributed by atoms with Gasteiger partial charge < -0.3 is 4.98 Å². The zero-order valence-electron chi connectivity index (χ0n) is 8.13. The molecule has 1 aromatic rings. The summed E-state index contributed by atoms with van der Waals surface area (Å²) in [7, 11) is 0. The number of aryl methyl sites for hydroxylation is 1. The molecule has 0 amide bonds. The van der Waals surface area contributed by atoms with Crippen LogP contribution < -0.4 is 0 Å². The number of aromatic amines is 1. The van der Waals surface area contributed by atoms with E-state index in [4.69, 9.17) is 0 Å². The van der Waals surface area contributed by atoms with Gasteiger partial charge in [-0.1, -0.05) is 13.8 Å². The molecule has 0 atom stereocenters. The van der Waals surface area contributed by atoms with E-state index in [2.05, 4.69) is 18.8 Å². The van der Waals surface area contributed by atoms with Gasteiger partial charge in [0, 0.05) is 11.9 Å². The fraction of sp³-hybridized carbons (Fsp3) is 0.364. The Morgan fingerprint density at radius 3 is 2.69 bits per heavy atom. The monoisotopic (exact) mass is 177 g/mol. The number of hydrogen-bond acceptors (Lipinski definition) is 1. The Labute approximate surface area is 78.7 Å². The third kappa shape index (κ3) is 2.08. The van der Waals surface area contributed by atoms with Gasteiger partial charge in [-0.05, 0) is 36.1 Å². The molecule has 13 heavy (non-hydrogen) atoms. The van der Waals surface area contributed by atoms with E-state index in [-0.39, 0.29) is 0 Å². The lowest BCUT2D eigenvalue weighted by atomic mass is 10.1. The van der Waals surface area contributed by atoms with E-state index in [9.17, 15) is 4.79 Å². The molecule has 0 aliphatic heterocycles. The van der Waals surface area contributed by atoms with Crippen LogP contribution in [0.25, 0.3) is 6.08 Å². The van der Waals surface area contributed by atoms with Gasteiger partial charge in [-0.2, -0.15) is 0 Å². The molecule has 0 bridgehead atoms. The molecule has 70 valence electrons. The zero-order valence-corrected chi connectivity index (χ0v) is 8.13. The summed E-state index contributed by atoms with van der Waals surface area (Å²) >= 11 is 0. The fourth-order valence-corrected chi connectivity index (χ4v) is 1.53. The van der Waals surface area contributed by atoms with E-state index in [1.54, 1.807) is 0 Å². The van der Waals surface area contributed by atoms with E-state index in [0.29, 0.717) is 0 Å². The highest BCUT2D eigenvalue weighted by Gasteiger charge is 2.04. The third-order valence-electron chi connectivity index (χ3n) is 2.19. The summed E-state index contributed by atoms with van der Waals surface area (Å²) in [5.74, 6) is 0. The number of rotatable bonds is 4. The number of allylic oxidation sites excluding steroid dienone is 1. The average Bonchev–Trinajstić information content (AvgIpc) is 2.56. The SMILES string of the molecule is CCc1c[nH]c(/C=C/C=O)c1CC. The Bertz CT molecular complexity index is 310. The van der Waals surface area contributed by atoms with Crippen LogP contribution in [0.2, 0.25) is 0 Å². The summed E-state index contributed by atoms with van der Waals surface area (Å²) in [5, 5.41) is 0. The second-order valence-corrected chi connectivity index (χ2v) is 2.91. The van der Waals surface area contributed by atoms with Gasteiger partial charge in [0.15, 0.2) is 0 Å². The molecule has 0 radical (unpaired) electrons. The van der Waals surface area contributed by atoms with Crippen molar-refractivity contribution in [1.82, 2.24) is 4.98 Å². The van der Waals surface area contributed by atoms with Crippen LogP contribution in [0.4, 0.5) is 0 Å². The third-order valence-corrected chi connectivity index (χ3v) is 2.19. The van der Waals surface area contributed by atoms with Gasteiger partial charge in [0.1, 0.15) is 6.29 Å². The van der Waals surface area contributed by atoms with Crippen LogP contribution in [-0.4, -0.2) is 11.3 Å². The number of hydrogen-bond donors (Lipinski definition) is 1. The minimum absolute atomic E-state index is 0.798. The van der Waals surface area contributed by atoms with E-state index < -0.39 is 0 Å². The summed E-state index contributed by atoms with van der Waals surface area (Å²) in [4.78, 5) is 13.3. The molecule has 0 saturated carbocycles. The smallest absolute Gasteiger partial charge is 0.142 e. The predicted molar refractivity (Wildman–Crippen MR) is 54.6 cm³/mol. The summed E-state index contributed by atoms with van der Waals surface area (Å²) in [6.45, 7) is 4.26. The average molecular weight is 177 g/mol. The maximum absolute atomic E-state index is 10.2. The molecule has 0 aromatic carbocycles. The van der Waals surface area contributed by atoms with Crippen molar-refractivity contribution in [3.05, 3.63) is 29.1 Å². The van der Waals surface area contributed by atoms with Gasteiger partial charge in [0.25, 0.3) is 0 Å². The maximum atomic E-state index is 10.2. The Morgan fingerprint density at radius 2 is 2.15 bits per heavy atom. The Balaban J connectivity index is 3.00. The first-order valence-corrected chi connectivity index (χ1v) is 4.64. The quantitative estimate of drug-likeness (QED) is 0.555. The first-order chi connectivity index (χ1) is 6.33. The Kier molecular flexibility index (Phi) is 3.50. The number of nitrogens with one attached hydrogen (secondary N) is 1. The molecule has 1 aromatic heterocycles. The van der Waals surface area contributed by atoms with Crippen molar-refractivity contribution in [1.29, 1.82) is 0 Å². The fourth-order valence-electron chi connectivity index (χ4n) is 1.53. The van der Waals surface area contributed by atoms with E-state index in [1.165, 1.54) is 17.2 Å². The van der Waals surface area contributed by atoms with Crippen LogP contribution >= 0.6 is 0 Å². The van der Waals surface area contributed by atoms with Crippen molar-refractivity contribution in [3.63, 3.8) is 0 Å². The topological polar surface area (TPSA) is 32.9 Å². The van der Waals surface area contributed by atoms with Crippen molar-refractivity contribution >= 4 is 12.4 Å². The molecular formula is C11H15NO. The number of H-pyrrole nitrogens is 1. The first-order valence-electron chi connectivity index (χ1n) is 4.64. The van der Waals surface area contributed by atoms with Crippen LogP contribution in [0, 0.1) is 0 Å². The summed E-state index contributed by atoms with van der Waals surface area (Å²) < 4.78 is 0. The second kappa shape index (κ2) is 4.65. The van der Waals surface area contributed by atoms with E-state index in [1.807, 2.05) is 12.3 Å². The standard InChI is InChI=1S/C11H15NO/c1-3-9-8-12-11(6-5-7-13)10(9)4-2/h5-8,12H,3-4H2,1-2H3/b6-5+. The minimum atomic E-state index is 0.798. The van der Waals surface area contributed by atoms with Crippen molar-refractivity contribution in [2.75, 3.05) is 0 Å². The molecule has 0 aliphatic carbocycles. The van der Waals surface area contributed by atoms with E-state index in [0.717, 1.165) is 24.8 Å². The van der Waals surface area contributed by atoms with Crippen molar-refractivity contribution < 1.29 is 4.79 Å². The van der Waals surface area contributed by atoms with Gasteiger partial charge in [0.2, 0.25) is 0 Å². The highest BCUT2D eigenvalue weighted by molar-refractivity contribution is 5.74. The number of aldehydes is 1. The van der Waals surface area contributed by atoms with Crippen molar-refractivity contribution in [3.8, 4) is 0 Å². The van der Waals surface area contributed by atoms with Gasteiger partial charge in [-0.25, -0.2) is 0 Å². The molecular weight excluding hydrogens is 162 g/mol. The molecule has 0 fully saturated rings. The highest BCUT2D eigenvalue weighted by Crippen LogP contribution is 2.16. The Morgan fingerprint density at radius 1 is 1.38 bits per heavy atom. The van der Waals surface area contributed by atoms with E-state index >= 15 is 0 Å². The zero-order chi connectivity index (χ0) is 9.68. The molecule has 1 rings (SSSR count). The summed E-state index contributed by atoms with van der Waals surface area (Å²) in [6, 6.07) is 0. The Hall–Kier alpha value is -1.31. The molecule has 2 nitrogen and oxygen atoms in total. The summed E-state index contributed by atoms with van der Waals surface area (Å²) in [6.07, 6.45) is 8.20. The second-order valence-electron chi connectivity index (χ2n) is 2.91. The van der Waals surface area contributed by atoms with Crippen molar-refractivity contribution in [2.45, 2.75) is 26.7 Å². The lowest BCUT2D eigenvalue weighted by Gasteiger charge is -1.98. The molecule has 2 heteroatoms. The molecule has 0 aliphatic rings. The number of carbonyl (C=O) groups is 1. The van der Waals surface area contributed by atoms with Crippen LogP contribution in [0.15, 0.2) is 12.3 Å².